The molecule has 0 N–H and O–H groups in total. The van der Waals surface area contributed by atoms with Gasteiger partial charge in [-0.05, 0) is 61.4 Å². The van der Waals surface area contributed by atoms with Gasteiger partial charge in [-0.25, -0.2) is 0 Å². The number of aliphatic imine (C=N–C) groups is 2. The third-order valence-corrected chi connectivity index (χ3v) is 3.56. The van der Waals surface area contributed by atoms with E-state index in [2.05, 4.69) is 20.0 Å². The second kappa shape index (κ2) is 19.5. The molecule has 2 heterocycles. The van der Waals surface area contributed by atoms with Crippen molar-refractivity contribution in [2.24, 2.45) is 9.98 Å². The van der Waals surface area contributed by atoms with Crippen molar-refractivity contribution in [1.29, 1.82) is 0 Å². The van der Waals surface area contributed by atoms with Crippen molar-refractivity contribution in [2.45, 2.75) is 13.8 Å². The molecular formula is C20H22Br4N4Ni2. The van der Waals surface area contributed by atoms with Gasteiger partial charge in [0, 0.05) is 45.4 Å². The Morgan fingerprint density at radius 1 is 0.633 bits per heavy atom. The van der Waals surface area contributed by atoms with Crippen LogP contribution in [0.1, 0.15) is 22.5 Å². The third-order valence-electron chi connectivity index (χ3n) is 3.56. The van der Waals surface area contributed by atoms with E-state index in [9.17, 15) is 0 Å². The smallest absolute Gasteiger partial charge is 0.0812 e. The SMILES string of the molecule is Br.Br.Br.Br.Cc1cc(N=Cc2ccccn2)c(C)cc1N=Cc1ccccn1.[Ni].[Ni]. The van der Waals surface area contributed by atoms with Gasteiger partial charge in [-0.2, -0.15) is 0 Å². The minimum atomic E-state index is 0. The van der Waals surface area contributed by atoms with Gasteiger partial charge in [0.05, 0.1) is 35.2 Å². The quantitative estimate of drug-likeness (QED) is 0.215. The first-order valence-electron chi connectivity index (χ1n) is 7.74. The number of aromatic nitrogens is 2. The van der Waals surface area contributed by atoms with E-state index >= 15 is 0 Å². The first-order chi connectivity index (χ1) is 11.7. The first-order valence-corrected chi connectivity index (χ1v) is 7.74. The number of benzene rings is 1. The summed E-state index contributed by atoms with van der Waals surface area (Å²) in [5, 5.41) is 0. The minimum Gasteiger partial charge on any atom is -0.255 e. The van der Waals surface area contributed by atoms with Gasteiger partial charge < -0.3 is 0 Å². The summed E-state index contributed by atoms with van der Waals surface area (Å²) in [6, 6.07) is 15.6. The van der Waals surface area contributed by atoms with Gasteiger partial charge in [0.1, 0.15) is 0 Å². The number of hydrogen-bond acceptors (Lipinski definition) is 4. The van der Waals surface area contributed by atoms with Crippen LogP contribution in [0.25, 0.3) is 0 Å². The van der Waals surface area contributed by atoms with Gasteiger partial charge in [-0.1, -0.05) is 12.1 Å². The Labute approximate surface area is 239 Å². The van der Waals surface area contributed by atoms with Crippen LogP contribution in [0.5, 0.6) is 0 Å². The van der Waals surface area contributed by atoms with Crippen LogP contribution in [0.4, 0.5) is 11.4 Å². The second-order valence-electron chi connectivity index (χ2n) is 5.45. The number of rotatable bonds is 4. The van der Waals surface area contributed by atoms with Gasteiger partial charge in [-0.15, -0.1) is 67.9 Å². The maximum Gasteiger partial charge on any atom is 0.0812 e. The summed E-state index contributed by atoms with van der Waals surface area (Å²) < 4.78 is 0. The largest absolute Gasteiger partial charge is 0.255 e. The minimum absolute atomic E-state index is 0. The van der Waals surface area contributed by atoms with Gasteiger partial charge in [-0.3, -0.25) is 20.0 Å². The van der Waals surface area contributed by atoms with Crippen LogP contribution in [0.3, 0.4) is 0 Å². The Bertz CT molecular complexity index is 821. The number of hydrogen-bond donors (Lipinski definition) is 0. The number of halogens is 4. The van der Waals surface area contributed by atoms with Crippen LogP contribution in [-0.4, -0.2) is 22.4 Å². The van der Waals surface area contributed by atoms with Gasteiger partial charge >= 0.3 is 0 Å². The molecular weight excluding hydrogens is 733 g/mol. The number of pyridine rings is 2. The summed E-state index contributed by atoms with van der Waals surface area (Å²) in [6.45, 7) is 4.06. The second-order valence-corrected chi connectivity index (χ2v) is 5.45. The van der Waals surface area contributed by atoms with Crippen LogP contribution >= 0.6 is 67.9 Å². The average Bonchev–Trinajstić information content (AvgIpc) is 2.62. The van der Waals surface area contributed by atoms with Crippen LogP contribution in [0, 0.1) is 13.8 Å². The van der Waals surface area contributed by atoms with Gasteiger partial charge in [0.15, 0.2) is 0 Å². The van der Waals surface area contributed by atoms with Gasteiger partial charge in [0.2, 0.25) is 0 Å². The average molecular weight is 755 g/mol. The molecule has 0 aliphatic rings. The van der Waals surface area contributed by atoms with E-state index in [1.807, 2.05) is 62.4 Å². The maximum atomic E-state index is 4.54. The van der Waals surface area contributed by atoms with E-state index in [1.54, 1.807) is 24.8 Å². The zero-order chi connectivity index (χ0) is 16.8. The zero-order valence-corrected chi connectivity index (χ0v) is 24.8. The molecule has 0 aliphatic heterocycles. The summed E-state index contributed by atoms with van der Waals surface area (Å²) in [5.74, 6) is 0. The van der Waals surface area contributed by atoms with E-state index in [0.717, 1.165) is 33.9 Å². The summed E-state index contributed by atoms with van der Waals surface area (Å²) in [7, 11) is 0. The molecule has 0 atom stereocenters. The normalized spacial score (nSPS) is 9.13. The van der Waals surface area contributed by atoms with E-state index in [-0.39, 0.29) is 101 Å². The molecule has 30 heavy (non-hydrogen) atoms. The Kier molecular flexibility index (Phi) is 24.1. The molecule has 0 saturated carbocycles. The van der Waals surface area contributed by atoms with Crippen molar-refractivity contribution >= 4 is 91.7 Å². The van der Waals surface area contributed by atoms with E-state index in [4.69, 9.17) is 0 Å². The molecule has 0 radical (unpaired) electrons. The monoisotopic (exact) mass is 750 g/mol. The molecule has 4 nitrogen and oxygen atoms in total. The van der Waals surface area contributed by atoms with Crippen LogP contribution in [-0.2, 0) is 33.0 Å². The molecule has 170 valence electrons. The summed E-state index contributed by atoms with van der Waals surface area (Å²) >= 11 is 0. The predicted octanol–water partition coefficient (Wildman–Crippen LogP) is 6.90. The zero-order valence-electron chi connectivity index (χ0n) is 16.0. The molecule has 1 aromatic carbocycles. The first kappa shape index (κ1) is 37.1. The molecule has 0 spiro atoms. The summed E-state index contributed by atoms with van der Waals surface area (Å²) in [5.41, 5.74) is 5.67. The molecule has 0 saturated heterocycles. The molecule has 0 fully saturated rings. The third kappa shape index (κ3) is 11.4. The molecule has 0 amide bonds. The van der Waals surface area contributed by atoms with Crippen molar-refractivity contribution in [2.75, 3.05) is 0 Å². The molecule has 0 bridgehead atoms. The predicted molar refractivity (Wildman–Crippen MR) is 140 cm³/mol. The Morgan fingerprint density at radius 3 is 1.30 bits per heavy atom. The fourth-order valence-electron chi connectivity index (χ4n) is 2.24. The van der Waals surface area contributed by atoms with E-state index in [0.29, 0.717) is 0 Å². The Morgan fingerprint density at radius 2 is 1.00 bits per heavy atom. The fraction of sp³-hybridized carbons (Fsp3) is 0.100. The van der Waals surface area contributed by atoms with Crippen molar-refractivity contribution in [3.8, 4) is 0 Å². The van der Waals surface area contributed by atoms with Crippen molar-refractivity contribution in [1.82, 2.24) is 9.97 Å². The van der Waals surface area contributed by atoms with Crippen molar-refractivity contribution in [3.63, 3.8) is 0 Å². The summed E-state index contributed by atoms with van der Waals surface area (Å²) in [4.78, 5) is 17.6. The van der Waals surface area contributed by atoms with Crippen LogP contribution in [0.15, 0.2) is 70.9 Å². The standard InChI is InChI=1S/C20H18N4.4BrH.2Ni/c1-15-11-20(24-14-18-8-4-6-10-22-18)16(2)12-19(15)23-13-17-7-3-5-9-21-17;;;;;;/h3-14H,1-2H3;4*1H;;. The topological polar surface area (TPSA) is 50.5 Å². The Hall–Kier alpha value is -0.233. The number of nitrogens with zero attached hydrogens (tertiary/aromatic N) is 4. The Balaban J connectivity index is -0.000000563. The van der Waals surface area contributed by atoms with Crippen molar-refractivity contribution < 1.29 is 33.0 Å². The van der Waals surface area contributed by atoms with E-state index in [1.165, 1.54) is 0 Å². The fourth-order valence-corrected chi connectivity index (χ4v) is 2.24. The maximum absolute atomic E-state index is 4.54. The molecule has 3 aromatic rings. The van der Waals surface area contributed by atoms with E-state index < -0.39 is 0 Å². The number of aryl methyl sites for hydroxylation is 2. The molecule has 3 rings (SSSR count). The molecule has 0 unspecified atom stereocenters. The van der Waals surface area contributed by atoms with Crippen molar-refractivity contribution in [3.05, 3.63) is 83.4 Å². The molecule has 10 heteroatoms. The van der Waals surface area contributed by atoms with Crippen LogP contribution < -0.4 is 0 Å². The summed E-state index contributed by atoms with van der Waals surface area (Å²) in [6.07, 6.45) is 7.07. The van der Waals surface area contributed by atoms with Gasteiger partial charge in [0.25, 0.3) is 0 Å². The molecule has 2 aromatic heterocycles. The molecule has 0 aliphatic carbocycles. The van der Waals surface area contributed by atoms with Crippen LogP contribution in [0.2, 0.25) is 0 Å².